The highest BCUT2D eigenvalue weighted by Crippen LogP contribution is 2.25. The van der Waals surface area contributed by atoms with Crippen molar-refractivity contribution in [1.82, 2.24) is 4.90 Å². The first kappa shape index (κ1) is 12.3. The summed E-state index contributed by atoms with van der Waals surface area (Å²) in [6.45, 7) is 4.08. The maximum Gasteiger partial charge on any atom is 0.154 e. The van der Waals surface area contributed by atoms with E-state index in [2.05, 4.69) is 11.8 Å². The van der Waals surface area contributed by atoms with Gasteiger partial charge >= 0.3 is 0 Å². The number of hydrogen-bond acceptors (Lipinski definition) is 4. The summed E-state index contributed by atoms with van der Waals surface area (Å²) in [5.74, 6) is 0.877. The van der Waals surface area contributed by atoms with Crippen LogP contribution in [0.25, 0.3) is 0 Å². The van der Waals surface area contributed by atoms with E-state index < -0.39 is 15.9 Å². The summed E-state index contributed by atoms with van der Waals surface area (Å²) in [4.78, 5) is 2.17. The third-order valence-electron chi connectivity index (χ3n) is 3.99. The van der Waals surface area contributed by atoms with Crippen molar-refractivity contribution in [3.8, 4) is 0 Å². The molecule has 1 N–H and O–H groups in total. The summed E-state index contributed by atoms with van der Waals surface area (Å²) in [5, 5.41) is 9.78. The number of aliphatic hydroxyl groups excluding tert-OH is 1. The summed E-state index contributed by atoms with van der Waals surface area (Å²) in [6, 6.07) is -0.150. The number of sulfone groups is 1. The highest BCUT2D eigenvalue weighted by molar-refractivity contribution is 7.91. The average molecular weight is 247 g/mol. The van der Waals surface area contributed by atoms with E-state index in [1.54, 1.807) is 0 Å². The fourth-order valence-corrected chi connectivity index (χ4v) is 4.68. The van der Waals surface area contributed by atoms with Crippen LogP contribution in [0, 0.1) is 5.92 Å². The highest BCUT2D eigenvalue weighted by Gasteiger charge is 2.40. The molecule has 0 aromatic carbocycles. The smallest absolute Gasteiger partial charge is 0.154 e. The minimum absolute atomic E-state index is 0.0502. The fraction of sp³-hybridized carbons (Fsp3) is 1.00. The summed E-state index contributed by atoms with van der Waals surface area (Å²) < 4.78 is 22.9. The van der Waals surface area contributed by atoms with Gasteiger partial charge in [0.25, 0.3) is 0 Å². The predicted molar refractivity (Wildman–Crippen MR) is 63.0 cm³/mol. The molecule has 2 saturated heterocycles. The summed E-state index contributed by atoms with van der Waals surface area (Å²) in [6.07, 6.45) is 2.81. The first-order chi connectivity index (χ1) is 7.52. The van der Waals surface area contributed by atoms with E-state index in [-0.39, 0.29) is 17.5 Å². The van der Waals surface area contributed by atoms with Crippen LogP contribution < -0.4 is 0 Å². The Morgan fingerprint density at radius 3 is 2.31 bits per heavy atom. The molecule has 0 aliphatic carbocycles. The molecule has 5 heteroatoms. The van der Waals surface area contributed by atoms with Crippen LogP contribution in [0.4, 0.5) is 0 Å². The van der Waals surface area contributed by atoms with E-state index in [1.165, 1.54) is 6.42 Å². The topological polar surface area (TPSA) is 57.6 Å². The molecule has 2 atom stereocenters. The van der Waals surface area contributed by atoms with Crippen molar-refractivity contribution in [2.24, 2.45) is 5.92 Å². The van der Waals surface area contributed by atoms with E-state index in [9.17, 15) is 13.5 Å². The molecule has 0 aromatic rings. The molecular formula is C11H21NO3S. The second-order valence-corrected chi connectivity index (χ2v) is 7.25. The van der Waals surface area contributed by atoms with Crippen molar-refractivity contribution >= 4 is 9.84 Å². The lowest BCUT2D eigenvalue weighted by Crippen LogP contribution is -2.47. The van der Waals surface area contributed by atoms with Crippen LogP contribution in [-0.2, 0) is 9.84 Å². The van der Waals surface area contributed by atoms with Gasteiger partial charge in [-0.15, -0.1) is 0 Å². The largest absolute Gasteiger partial charge is 0.390 e. The van der Waals surface area contributed by atoms with Gasteiger partial charge in [0.1, 0.15) is 0 Å². The Hall–Kier alpha value is -0.130. The van der Waals surface area contributed by atoms with Crippen LogP contribution in [0.15, 0.2) is 0 Å². The number of nitrogens with zero attached hydrogens (tertiary/aromatic N) is 1. The lowest BCUT2D eigenvalue weighted by atomic mass is 9.93. The van der Waals surface area contributed by atoms with Crippen molar-refractivity contribution in [2.75, 3.05) is 24.6 Å². The first-order valence-electron chi connectivity index (χ1n) is 6.14. The molecular weight excluding hydrogens is 226 g/mol. The Bertz CT molecular complexity index is 333. The molecule has 94 valence electrons. The molecule has 0 aromatic heterocycles. The molecule has 2 unspecified atom stereocenters. The lowest BCUT2D eigenvalue weighted by Gasteiger charge is -2.36. The number of rotatable bonds is 2. The summed E-state index contributed by atoms with van der Waals surface area (Å²) in [5.41, 5.74) is 0. The van der Waals surface area contributed by atoms with Gasteiger partial charge in [0.15, 0.2) is 9.84 Å². The van der Waals surface area contributed by atoms with Crippen LogP contribution >= 0.6 is 0 Å². The second-order valence-electron chi connectivity index (χ2n) is 5.10. The number of piperidine rings is 1. The minimum Gasteiger partial charge on any atom is -0.390 e. The molecule has 0 amide bonds. The van der Waals surface area contributed by atoms with Gasteiger partial charge in [0, 0.05) is 0 Å². The quantitative estimate of drug-likeness (QED) is 0.761. The minimum atomic E-state index is -3.00. The van der Waals surface area contributed by atoms with Gasteiger partial charge in [-0.05, 0) is 31.8 Å². The van der Waals surface area contributed by atoms with Crippen LogP contribution in [0.2, 0.25) is 0 Å². The summed E-state index contributed by atoms with van der Waals surface area (Å²) >= 11 is 0. The number of likely N-dealkylation sites (tertiary alicyclic amines) is 1. The van der Waals surface area contributed by atoms with Gasteiger partial charge in [-0.1, -0.05) is 13.3 Å². The summed E-state index contributed by atoms with van der Waals surface area (Å²) in [7, 11) is -3.00. The van der Waals surface area contributed by atoms with E-state index in [4.69, 9.17) is 0 Å². The zero-order valence-electron chi connectivity index (χ0n) is 9.80. The van der Waals surface area contributed by atoms with Gasteiger partial charge in [0.05, 0.1) is 23.7 Å². The van der Waals surface area contributed by atoms with Gasteiger partial charge in [-0.3, -0.25) is 4.90 Å². The average Bonchev–Trinajstić information content (AvgIpc) is 2.52. The van der Waals surface area contributed by atoms with E-state index in [1.807, 2.05) is 0 Å². The normalized spacial score (nSPS) is 36.6. The molecule has 2 aliphatic rings. The zero-order chi connectivity index (χ0) is 11.8. The Balaban J connectivity index is 1.95. The monoisotopic (exact) mass is 247 g/mol. The maximum atomic E-state index is 11.4. The molecule has 16 heavy (non-hydrogen) atoms. The van der Waals surface area contributed by atoms with E-state index in [0.717, 1.165) is 31.8 Å². The van der Waals surface area contributed by atoms with Crippen molar-refractivity contribution in [3.05, 3.63) is 0 Å². The molecule has 2 heterocycles. The fourth-order valence-electron chi connectivity index (χ4n) is 2.85. The van der Waals surface area contributed by atoms with Gasteiger partial charge in [0.2, 0.25) is 0 Å². The SMILES string of the molecule is CCC1CCN(C2CS(=O)(=O)CC2O)CC1. The van der Waals surface area contributed by atoms with Gasteiger partial charge in [-0.25, -0.2) is 8.42 Å². The molecule has 2 aliphatic heterocycles. The first-order valence-corrected chi connectivity index (χ1v) is 7.96. The molecule has 0 bridgehead atoms. The number of hydrogen-bond donors (Lipinski definition) is 1. The standard InChI is InChI=1S/C11H21NO3S/c1-2-9-3-5-12(6-4-9)10-7-16(14,15)8-11(10)13/h9-11,13H,2-8H2,1H3. The molecule has 2 fully saturated rings. The molecule has 2 rings (SSSR count). The van der Waals surface area contributed by atoms with Gasteiger partial charge in [-0.2, -0.15) is 0 Å². The van der Waals surface area contributed by atoms with E-state index in [0.29, 0.717) is 0 Å². The van der Waals surface area contributed by atoms with Crippen molar-refractivity contribution in [3.63, 3.8) is 0 Å². The van der Waals surface area contributed by atoms with Crippen LogP contribution in [0.3, 0.4) is 0 Å². The Labute approximate surface area is 97.6 Å². The maximum absolute atomic E-state index is 11.4. The Kier molecular flexibility index (Phi) is 3.56. The van der Waals surface area contributed by atoms with Crippen LogP contribution in [0.5, 0.6) is 0 Å². The van der Waals surface area contributed by atoms with Crippen molar-refractivity contribution in [2.45, 2.75) is 38.3 Å². The molecule has 0 spiro atoms. The van der Waals surface area contributed by atoms with Crippen molar-refractivity contribution in [1.29, 1.82) is 0 Å². The highest BCUT2D eigenvalue weighted by atomic mass is 32.2. The molecule has 0 radical (unpaired) electrons. The Morgan fingerprint density at radius 2 is 1.88 bits per heavy atom. The van der Waals surface area contributed by atoms with E-state index >= 15 is 0 Å². The lowest BCUT2D eigenvalue weighted by molar-refractivity contribution is 0.0583. The van der Waals surface area contributed by atoms with Crippen LogP contribution in [-0.4, -0.2) is 55.2 Å². The van der Waals surface area contributed by atoms with Gasteiger partial charge < -0.3 is 5.11 Å². The number of aliphatic hydroxyl groups is 1. The zero-order valence-corrected chi connectivity index (χ0v) is 10.6. The predicted octanol–water partition coefficient (Wildman–Crippen LogP) is 0.266. The van der Waals surface area contributed by atoms with Crippen molar-refractivity contribution < 1.29 is 13.5 Å². The third-order valence-corrected chi connectivity index (χ3v) is 5.69. The van der Waals surface area contributed by atoms with Crippen LogP contribution in [0.1, 0.15) is 26.2 Å². The third kappa shape index (κ3) is 2.57. The molecule has 0 saturated carbocycles. The molecule has 4 nitrogen and oxygen atoms in total. The second kappa shape index (κ2) is 4.63. The Morgan fingerprint density at radius 1 is 1.25 bits per heavy atom.